The van der Waals surface area contributed by atoms with Gasteiger partial charge in [0.2, 0.25) is 0 Å². The number of nitrogens with one attached hydrogen (secondary N) is 1. The van der Waals surface area contributed by atoms with Gasteiger partial charge in [-0.3, -0.25) is 14.6 Å². The molecule has 1 N–H and O–H groups in total. The molecule has 26 heavy (non-hydrogen) atoms. The Morgan fingerprint density at radius 2 is 2.08 bits per heavy atom. The normalized spacial score (nSPS) is 18.5. The third kappa shape index (κ3) is 3.03. The van der Waals surface area contributed by atoms with E-state index in [1.807, 2.05) is 30.0 Å². The molecule has 0 aliphatic carbocycles. The maximum Gasteiger partial charge on any atom is 0.255 e. The van der Waals surface area contributed by atoms with Crippen molar-refractivity contribution in [3.8, 4) is 5.75 Å². The Hall–Kier alpha value is -2.89. The number of benzene rings is 1. The summed E-state index contributed by atoms with van der Waals surface area (Å²) >= 11 is 0. The minimum absolute atomic E-state index is 0.0124. The number of nitrogens with zero attached hydrogens (tertiary/aromatic N) is 2. The first-order chi connectivity index (χ1) is 12.6. The van der Waals surface area contributed by atoms with E-state index in [0.29, 0.717) is 49.4 Å². The third-order valence-electron chi connectivity index (χ3n) is 5.15. The van der Waals surface area contributed by atoms with Crippen molar-refractivity contribution in [1.29, 1.82) is 0 Å². The zero-order valence-corrected chi connectivity index (χ0v) is 14.7. The number of amides is 2. The Morgan fingerprint density at radius 3 is 2.81 bits per heavy atom. The van der Waals surface area contributed by atoms with Gasteiger partial charge in [0.15, 0.2) is 0 Å². The third-order valence-corrected chi connectivity index (χ3v) is 5.15. The molecule has 0 atom stereocenters. The number of likely N-dealkylation sites (tertiary alicyclic amines) is 1. The van der Waals surface area contributed by atoms with Crippen LogP contribution < -0.4 is 10.1 Å². The number of fused-ring (bicyclic) bond motifs is 1. The Morgan fingerprint density at radius 1 is 1.27 bits per heavy atom. The number of hydrogen-bond donors (Lipinski definition) is 1. The lowest BCUT2D eigenvalue weighted by atomic mass is 9.90. The summed E-state index contributed by atoms with van der Waals surface area (Å²) in [6.45, 7) is 3.58. The van der Waals surface area contributed by atoms with E-state index in [-0.39, 0.29) is 11.8 Å². The van der Waals surface area contributed by atoms with E-state index >= 15 is 0 Å². The molecule has 1 fully saturated rings. The number of pyridine rings is 1. The van der Waals surface area contributed by atoms with Gasteiger partial charge in [0.1, 0.15) is 11.4 Å². The van der Waals surface area contributed by atoms with E-state index in [1.165, 1.54) is 0 Å². The highest BCUT2D eigenvalue weighted by molar-refractivity contribution is 5.97. The minimum Gasteiger partial charge on any atom is -0.484 e. The van der Waals surface area contributed by atoms with Crippen LogP contribution in [0.25, 0.3) is 0 Å². The van der Waals surface area contributed by atoms with Crippen molar-refractivity contribution >= 4 is 11.8 Å². The van der Waals surface area contributed by atoms with E-state index in [0.717, 1.165) is 5.56 Å². The Balaban J connectivity index is 1.51. The topological polar surface area (TPSA) is 71.5 Å². The maximum atomic E-state index is 12.6. The second kappa shape index (κ2) is 6.44. The van der Waals surface area contributed by atoms with Crippen molar-refractivity contribution in [2.75, 3.05) is 19.6 Å². The van der Waals surface area contributed by atoms with Gasteiger partial charge in [-0.1, -0.05) is 11.6 Å². The fourth-order valence-electron chi connectivity index (χ4n) is 3.58. The molecule has 0 bridgehead atoms. The molecular weight excluding hydrogens is 330 g/mol. The number of aryl methyl sites for hydroxylation is 1. The molecule has 4 rings (SSSR count). The summed E-state index contributed by atoms with van der Waals surface area (Å²) in [4.78, 5) is 30.8. The first kappa shape index (κ1) is 16.6. The van der Waals surface area contributed by atoms with E-state index in [4.69, 9.17) is 4.74 Å². The fraction of sp³-hybridized carbons (Fsp3) is 0.350. The molecule has 2 aliphatic rings. The standard InChI is InChI=1S/C20H21N3O3/c1-14-4-5-17-16(11-14)18(24)22-13-20(26-17)6-9-23(10-7-20)19(25)15-3-2-8-21-12-15/h2-5,8,11-12H,6-7,9-10,13H2,1H3,(H,22,24). The predicted molar refractivity (Wildman–Crippen MR) is 96.2 cm³/mol. The summed E-state index contributed by atoms with van der Waals surface area (Å²) in [6.07, 6.45) is 4.59. The van der Waals surface area contributed by atoms with Crippen molar-refractivity contribution in [1.82, 2.24) is 15.2 Å². The lowest BCUT2D eigenvalue weighted by molar-refractivity contribution is 0.00769. The number of rotatable bonds is 1. The average Bonchev–Trinajstić information content (AvgIpc) is 2.80. The van der Waals surface area contributed by atoms with Crippen molar-refractivity contribution in [3.63, 3.8) is 0 Å². The monoisotopic (exact) mass is 351 g/mol. The van der Waals surface area contributed by atoms with Crippen LogP contribution in [0.5, 0.6) is 5.75 Å². The lowest BCUT2D eigenvalue weighted by Crippen LogP contribution is -2.54. The molecule has 3 heterocycles. The van der Waals surface area contributed by atoms with Gasteiger partial charge >= 0.3 is 0 Å². The molecule has 2 amide bonds. The van der Waals surface area contributed by atoms with Crippen LogP contribution in [0.4, 0.5) is 0 Å². The van der Waals surface area contributed by atoms with E-state index in [2.05, 4.69) is 10.3 Å². The highest BCUT2D eigenvalue weighted by Crippen LogP contribution is 2.33. The number of hydrogen-bond acceptors (Lipinski definition) is 4. The molecular formula is C20H21N3O3. The Bertz CT molecular complexity index is 843. The van der Waals surface area contributed by atoms with Crippen LogP contribution in [0.1, 0.15) is 39.1 Å². The highest BCUT2D eigenvalue weighted by atomic mass is 16.5. The molecule has 1 aromatic heterocycles. The van der Waals surface area contributed by atoms with E-state index in [1.54, 1.807) is 24.5 Å². The summed E-state index contributed by atoms with van der Waals surface area (Å²) in [6, 6.07) is 9.21. The quantitative estimate of drug-likeness (QED) is 0.855. The molecule has 0 radical (unpaired) electrons. The predicted octanol–water partition coefficient (Wildman–Crippen LogP) is 2.19. The van der Waals surface area contributed by atoms with Crippen LogP contribution in [-0.4, -0.2) is 46.9 Å². The van der Waals surface area contributed by atoms with Gasteiger partial charge in [-0.2, -0.15) is 0 Å². The lowest BCUT2D eigenvalue weighted by Gasteiger charge is -2.41. The van der Waals surface area contributed by atoms with Crippen LogP contribution in [0, 0.1) is 6.92 Å². The van der Waals surface area contributed by atoms with Crippen LogP contribution in [-0.2, 0) is 0 Å². The SMILES string of the molecule is Cc1ccc2c(c1)C(=O)NCC1(CCN(C(=O)c3cccnc3)CC1)O2. The smallest absolute Gasteiger partial charge is 0.255 e. The number of carbonyl (C=O) groups is 2. The van der Waals surface area contributed by atoms with Crippen LogP contribution in [0.15, 0.2) is 42.7 Å². The molecule has 1 aromatic carbocycles. The molecule has 6 heteroatoms. The van der Waals surface area contributed by atoms with Crippen molar-refractivity contribution < 1.29 is 14.3 Å². The molecule has 2 aliphatic heterocycles. The molecule has 1 saturated heterocycles. The second-order valence-corrected chi connectivity index (χ2v) is 7.00. The molecule has 6 nitrogen and oxygen atoms in total. The summed E-state index contributed by atoms with van der Waals surface area (Å²) in [5.41, 5.74) is 1.73. The molecule has 134 valence electrons. The van der Waals surface area contributed by atoms with Crippen LogP contribution >= 0.6 is 0 Å². The maximum absolute atomic E-state index is 12.6. The van der Waals surface area contributed by atoms with Gasteiger partial charge in [-0.05, 0) is 31.2 Å². The van der Waals surface area contributed by atoms with Crippen LogP contribution in [0.3, 0.4) is 0 Å². The van der Waals surface area contributed by atoms with Crippen LogP contribution in [0.2, 0.25) is 0 Å². The molecule has 1 spiro atoms. The highest BCUT2D eigenvalue weighted by Gasteiger charge is 2.41. The minimum atomic E-state index is -0.470. The Labute approximate surface area is 152 Å². The summed E-state index contributed by atoms with van der Waals surface area (Å²) in [5, 5.41) is 2.99. The number of piperidine rings is 1. The van der Waals surface area contributed by atoms with E-state index < -0.39 is 5.60 Å². The largest absolute Gasteiger partial charge is 0.484 e. The number of carbonyl (C=O) groups excluding carboxylic acids is 2. The zero-order chi connectivity index (χ0) is 18.1. The summed E-state index contributed by atoms with van der Waals surface area (Å²) in [7, 11) is 0. The Kier molecular flexibility index (Phi) is 4.11. The summed E-state index contributed by atoms with van der Waals surface area (Å²) < 4.78 is 6.31. The van der Waals surface area contributed by atoms with Gasteiger partial charge in [-0.15, -0.1) is 0 Å². The van der Waals surface area contributed by atoms with E-state index in [9.17, 15) is 9.59 Å². The first-order valence-electron chi connectivity index (χ1n) is 8.84. The van der Waals surface area contributed by atoms with Gasteiger partial charge in [0.05, 0.1) is 17.7 Å². The van der Waals surface area contributed by atoms with Crippen molar-refractivity contribution in [2.24, 2.45) is 0 Å². The molecule has 0 unspecified atom stereocenters. The van der Waals surface area contributed by atoms with Gasteiger partial charge in [0.25, 0.3) is 11.8 Å². The van der Waals surface area contributed by atoms with Gasteiger partial charge in [-0.25, -0.2) is 0 Å². The van der Waals surface area contributed by atoms with Crippen molar-refractivity contribution in [3.05, 3.63) is 59.4 Å². The number of aromatic nitrogens is 1. The zero-order valence-electron chi connectivity index (χ0n) is 14.7. The second-order valence-electron chi connectivity index (χ2n) is 7.00. The van der Waals surface area contributed by atoms with Crippen molar-refractivity contribution in [2.45, 2.75) is 25.4 Å². The fourth-order valence-corrected chi connectivity index (χ4v) is 3.58. The van der Waals surface area contributed by atoms with Gasteiger partial charge < -0.3 is 15.0 Å². The van der Waals surface area contributed by atoms with Gasteiger partial charge in [0, 0.05) is 38.3 Å². The molecule has 0 saturated carbocycles. The number of ether oxygens (including phenoxy) is 1. The molecule has 2 aromatic rings. The first-order valence-corrected chi connectivity index (χ1v) is 8.84. The average molecular weight is 351 g/mol. The summed E-state index contributed by atoms with van der Waals surface area (Å²) in [5.74, 6) is 0.508.